The number of nitro groups is 1. The Morgan fingerprint density at radius 1 is 1.05 bits per heavy atom. The van der Waals surface area contributed by atoms with Gasteiger partial charge in [-0.1, -0.05) is 19.1 Å². The number of aryl methyl sites for hydroxylation is 1. The third kappa shape index (κ3) is 5.98. The van der Waals surface area contributed by atoms with Crippen molar-refractivity contribution in [2.45, 2.75) is 20.3 Å². The Balaban J connectivity index is 1.54. The van der Waals surface area contributed by atoms with Gasteiger partial charge in [0.2, 0.25) is 0 Å². The Hall–Kier alpha value is -5.12. The van der Waals surface area contributed by atoms with Crippen molar-refractivity contribution in [1.29, 1.82) is 0 Å². The molecule has 0 amide bonds. The van der Waals surface area contributed by atoms with Crippen LogP contribution in [-0.4, -0.2) is 33.4 Å². The summed E-state index contributed by atoms with van der Waals surface area (Å²) < 4.78 is 12.4. The summed E-state index contributed by atoms with van der Waals surface area (Å²) in [4.78, 5) is 40.2. The second kappa shape index (κ2) is 11.7. The Morgan fingerprint density at radius 3 is 2.50 bits per heavy atom. The molecule has 0 saturated heterocycles. The van der Waals surface area contributed by atoms with Gasteiger partial charge in [-0.3, -0.25) is 14.9 Å². The van der Waals surface area contributed by atoms with E-state index in [-0.39, 0.29) is 17.0 Å². The summed E-state index contributed by atoms with van der Waals surface area (Å²) in [7, 11) is 0. The normalized spacial score (nSPS) is 11.3. The number of benzene rings is 3. The van der Waals surface area contributed by atoms with E-state index in [1.54, 1.807) is 43.3 Å². The van der Waals surface area contributed by atoms with Gasteiger partial charge in [0.05, 0.1) is 28.6 Å². The second-order valence-corrected chi connectivity index (χ2v) is 8.00. The van der Waals surface area contributed by atoms with Crippen molar-refractivity contribution in [3.8, 4) is 11.5 Å². The van der Waals surface area contributed by atoms with Gasteiger partial charge in [-0.05, 0) is 66.6 Å². The number of nitrogens with zero attached hydrogens (tertiary/aromatic N) is 4. The lowest BCUT2D eigenvalue weighted by molar-refractivity contribution is -0.384. The van der Waals surface area contributed by atoms with Gasteiger partial charge in [0, 0.05) is 24.6 Å². The standard InChI is InChI=1S/C28H24N4O6/c1-3-26-30-23-8-6-5-7-22(23)28(34)31(26)29-18-20-11-15-24(25(17-20)37-4-2)38-27(33)16-12-19-9-13-21(14-10-19)32(35)36/h5-18H,3-4H2,1-2H3/b16-12+,29-18?. The Bertz CT molecular complexity index is 1610. The summed E-state index contributed by atoms with van der Waals surface area (Å²) >= 11 is 0. The van der Waals surface area contributed by atoms with E-state index in [4.69, 9.17) is 9.47 Å². The smallest absolute Gasteiger partial charge is 0.336 e. The molecule has 0 N–H and O–H groups in total. The Morgan fingerprint density at radius 2 is 1.79 bits per heavy atom. The van der Waals surface area contributed by atoms with Gasteiger partial charge < -0.3 is 9.47 Å². The summed E-state index contributed by atoms with van der Waals surface area (Å²) in [6.07, 6.45) is 4.75. The molecular weight excluding hydrogens is 488 g/mol. The van der Waals surface area contributed by atoms with E-state index in [2.05, 4.69) is 10.1 Å². The first-order valence-electron chi connectivity index (χ1n) is 11.9. The largest absolute Gasteiger partial charge is 0.490 e. The zero-order valence-corrected chi connectivity index (χ0v) is 20.7. The Kier molecular flexibility index (Phi) is 8.02. The van der Waals surface area contributed by atoms with E-state index in [9.17, 15) is 19.7 Å². The van der Waals surface area contributed by atoms with Crippen LogP contribution >= 0.6 is 0 Å². The molecule has 0 spiro atoms. The van der Waals surface area contributed by atoms with Crippen LogP contribution in [0.5, 0.6) is 11.5 Å². The molecular formula is C28H24N4O6. The number of carbonyl (C=O) groups excluding carboxylic acids is 1. The molecule has 38 heavy (non-hydrogen) atoms. The number of fused-ring (bicyclic) bond motifs is 1. The third-order valence-electron chi connectivity index (χ3n) is 5.45. The molecule has 0 atom stereocenters. The lowest BCUT2D eigenvalue weighted by atomic mass is 10.2. The van der Waals surface area contributed by atoms with Crippen LogP contribution in [0.2, 0.25) is 0 Å². The predicted molar refractivity (Wildman–Crippen MR) is 144 cm³/mol. The summed E-state index contributed by atoms with van der Waals surface area (Å²) in [5, 5.41) is 15.6. The molecule has 0 saturated carbocycles. The molecule has 0 unspecified atom stereocenters. The predicted octanol–water partition coefficient (Wildman–Crippen LogP) is 4.77. The molecule has 10 heteroatoms. The van der Waals surface area contributed by atoms with Crippen LogP contribution in [0.3, 0.4) is 0 Å². The summed E-state index contributed by atoms with van der Waals surface area (Å²) in [6, 6.07) is 17.8. The van der Waals surface area contributed by atoms with Crippen LogP contribution in [0.4, 0.5) is 5.69 Å². The van der Waals surface area contributed by atoms with Crippen molar-refractivity contribution in [2.75, 3.05) is 6.61 Å². The average Bonchev–Trinajstić information content (AvgIpc) is 2.93. The van der Waals surface area contributed by atoms with E-state index in [1.807, 2.05) is 13.0 Å². The highest BCUT2D eigenvalue weighted by molar-refractivity contribution is 5.89. The van der Waals surface area contributed by atoms with Crippen LogP contribution in [0, 0.1) is 10.1 Å². The van der Waals surface area contributed by atoms with Gasteiger partial charge in [0.1, 0.15) is 5.82 Å². The minimum atomic E-state index is -0.646. The number of non-ortho nitro benzene ring substituents is 1. The van der Waals surface area contributed by atoms with Crippen LogP contribution < -0.4 is 15.0 Å². The molecule has 0 aliphatic heterocycles. The lowest BCUT2D eigenvalue weighted by Gasteiger charge is -2.11. The highest BCUT2D eigenvalue weighted by atomic mass is 16.6. The van der Waals surface area contributed by atoms with Gasteiger partial charge in [-0.15, -0.1) is 0 Å². The quantitative estimate of drug-likeness (QED) is 0.0790. The number of ether oxygens (including phenoxy) is 2. The van der Waals surface area contributed by atoms with E-state index < -0.39 is 10.9 Å². The molecule has 4 rings (SSSR count). The van der Waals surface area contributed by atoms with E-state index >= 15 is 0 Å². The fourth-order valence-corrected chi connectivity index (χ4v) is 3.61. The molecule has 0 aliphatic rings. The van der Waals surface area contributed by atoms with Crippen LogP contribution in [0.25, 0.3) is 17.0 Å². The molecule has 1 aromatic heterocycles. The second-order valence-electron chi connectivity index (χ2n) is 8.00. The number of rotatable bonds is 9. The average molecular weight is 513 g/mol. The lowest BCUT2D eigenvalue weighted by Crippen LogP contribution is -2.22. The molecule has 3 aromatic carbocycles. The van der Waals surface area contributed by atoms with Crippen molar-refractivity contribution < 1.29 is 19.2 Å². The van der Waals surface area contributed by atoms with Crippen molar-refractivity contribution >= 4 is 34.9 Å². The van der Waals surface area contributed by atoms with Crippen molar-refractivity contribution in [3.05, 3.63) is 110 Å². The first-order chi connectivity index (χ1) is 18.4. The fraction of sp³-hybridized carbons (Fsp3) is 0.143. The number of carbonyl (C=O) groups is 1. The zero-order chi connectivity index (χ0) is 27.1. The third-order valence-corrected chi connectivity index (χ3v) is 5.45. The first-order valence-corrected chi connectivity index (χ1v) is 11.9. The summed E-state index contributed by atoms with van der Waals surface area (Å²) in [6.45, 7) is 4.03. The maximum atomic E-state index is 13.0. The molecule has 0 fully saturated rings. The first kappa shape index (κ1) is 26.0. The number of hydrogen-bond acceptors (Lipinski definition) is 8. The minimum Gasteiger partial charge on any atom is -0.490 e. The molecule has 0 bridgehead atoms. The molecule has 192 valence electrons. The summed E-state index contributed by atoms with van der Waals surface area (Å²) in [5.74, 6) is 0.418. The molecule has 4 aromatic rings. The molecule has 10 nitrogen and oxygen atoms in total. The maximum Gasteiger partial charge on any atom is 0.336 e. The van der Waals surface area contributed by atoms with Crippen molar-refractivity contribution in [3.63, 3.8) is 0 Å². The summed E-state index contributed by atoms with van der Waals surface area (Å²) in [5.41, 5.74) is 1.54. The highest BCUT2D eigenvalue weighted by Gasteiger charge is 2.11. The van der Waals surface area contributed by atoms with Crippen molar-refractivity contribution in [2.24, 2.45) is 5.10 Å². The number of esters is 1. The van der Waals surface area contributed by atoms with Crippen LogP contribution in [0.15, 0.2) is 82.7 Å². The van der Waals surface area contributed by atoms with E-state index in [0.717, 1.165) is 0 Å². The van der Waals surface area contributed by atoms with Gasteiger partial charge in [-0.2, -0.15) is 9.78 Å². The maximum absolute atomic E-state index is 13.0. The Labute approximate surface area is 217 Å². The minimum absolute atomic E-state index is 0.0395. The number of para-hydroxylation sites is 1. The van der Waals surface area contributed by atoms with Crippen LogP contribution in [0.1, 0.15) is 30.8 Å². The van der Waals surface area contributed by atoms with E-state index in [1.165, 1.54) is 47.3 Å². The topological polar surface area (TPSA) is 126 Å². The number of aromatic nitrogens is 2. The van der Waals surface area contributed by atoms with Gasteiger partial charge in [0.25, 0.3) is 11.2 Å². The molecule has 0 radical (unpaired) electrons. The zero-order valence-electron chi connectivity index (χ0n) is 20.7. The highest BCUT2D eigenvalue weighted by Crippen LogP contribution is 2.28. The number of nitro benzene ring substituents is 1. The number of hydrogen-bond donors (Lipinski definition) is 0. The SMILES string of the molecule is CCOc1cc(C=Nn2c(CC)nc3ccccc3c2=O)ccc1OC(=O)/C=C/c1ccc([N+](=O)[O-])cc1. The van der Waals surface area contributed by atoms with Crippen molar-refractivity contribution in [1.82, 2.24) is 9.66 Å². The van der Waals surface area contributed by atoms with Gasteiger partial charge in [-0.25, -0.2) is 9.78 Å². The molecule has 1 heterocycles. The molecule has 0 aliphatic carbocycles. The van der Waals surface area contributed by atoms with E-state index in [0.29, 0.717) is 46.6 Å². The van der Waals surface area contributed by atoms with Gasteiger partial charge >= 0.3 is 5.97 Å². The van der Waals surface area contributed by atoms with Crippen LogP contribution in [-0.2, 0) is 11.2 Å². The fourth-order valence-electron chi connectivity index (χ4n) is 3.61. The monoisotopic (exact) mass is 512 g/mol. The van der Waals surface area contributed by atoms with Gasteiger partial charge in [0.15, 0.2) is 11.5 Å².